The molecule has 0 amide bonds. The fourth-order valence-electron chi connectivity index (χ4n) is 2.01. The Kier molecular flexibility index (Phi) is 2.46. The predicted octanol–water partition coefficient (Wildman–Crippen LogP) is 1.98. The number of fused-ring (bicyclic) bond motifs is 1. The molecule has 0 spiro atoms. The smallest absolute Gasteiger partial charge is 0.214 e. The van der Waals surface area contributed by atoms with Crippen molar-refractivity contribution in [1.82, 2.24) is 10.3 Å². The molecule has 1 aliphatic rings. The Morgan fingerprint density at radius 3 is 3.00 bits per heavy atom. The Balaban J connectivity index is 1.86. The van der Waals surface area contributed by atoms with E-state index in [4.69, 9.17) is 4.74 Å². The number of aromatic nitrogens is 1. The second-order valence-corrected chi connectivity index (χ2v) is 4.07. The van der Waals surface area contributed by atoms with E-state index in [1.54, 1.807) is 0 Å². The first-order chi connectivity index (χ1) is 7.92. The van der Waals surface area contributed by atoms with Crippen molar-refractivity contribution in [2.45, 2.75) is 12.5 Å². The molecule has 1 fully saturated rings. The van der Waals surface area contributed by atoms with E-state index >= 15 is 0 Å². The summed E-state index contributed by atoms with van der Waals surface area (Å²) < 4.78 is 5.81. The summed E-state index contributed by atoms with van der Waals surface area (Å²) in [6, 6.07) is 12.1. The summed E-state index contributed by atoms with van der Waals surface area (Å²) in [6.45, 7) is 1.97. The second kappa shape index (κ2) is 4.10. The standard InChI is InChI=1S/C13H14N2O/c1-2-4-12-10(3-1)5-6-13(15-12)16-11-7-8-14-9-11/h1-6,11,14H,7-9H2/t11-/m1/s1. The number of ether oxygens (including phenoxy) is 1. The Morgan fingerprint density at radius 1 is 1.19 bits per heavy atom. The van der Waals surface area contributed by atoms with Crippen LogP contribution in [0.1, 0.15) is 6.42 Å². The molecule has 3 nitrogen and oxygen atoms in total. The highest BCUT2D eigenvalue weighted by Gasteiger charge is 2.16. The molecule has 2 aromatic rings. The van der Waals surface area contributed by atoms with Gasteiger partial charge in [0.05, 0.1) is 5.52 Å². The Hall–Kier alpha value is -1.61. The van der Waals surface area contributed by atoms with Crippen molar-refractivity contribution < 1.29 is 4.74 Å². The lowest BCUT2D eigenvalue weighted by Crippen LogP contribution is -2.19. The van der Waals surface area contributed by atoms with Crippen LogP contribution in [-0.4, -0.2) is 24.2 Å². The van der Waals surface area contributed by atoms with Crippen molar-refractivity contribution in [3.63, 3.8) is 0 Å². The van der Waals surface area contributed by atoms with Crippen LogP contribution < -0.4 is 10.1 Å². The summed E-state index contributed by atoms with van der Waals surface area (Å²) in [5.41, 5.74) is 0.992. The molecule has 1 saturated heterocycles. The summed E-state index contributed by atoms with van der Waals surface area (Å²) in [5.74, 6) is 0.729. The summed E-state index contributed by atoms with van der Waals surface area (Å²) in [7, 11) is 0. The third-order valence-electron chi connectivity index (χ3n) is 2.88. The molecule has 16 heavy (non-hydrogen) atoms. The number of pyridine rings is 1. The zero-order valence-corrected chi connectivity index (χ0v) is 9.02. The van der Waals surface area contributed by atoms with Crippen molar-refractivity contribution in [2.75, 3.05) is 13.1 Å². The zero-order chi connectivity index (χ0) is 10.8. The van der Waals surface area contributed by atoms with Gasteiger partial charge in [-0.15, -0.1) is 0 Å². The highest BCUT2D eigenvalue weighted by molar-refractivity contribution is 5.78. The number of rotatable bonds is 2. The SMILES string of the molecule is c1ccc2nc(O[C@@H]3CCNC3)ccc2c1. The van der Waals surface area contributed by atoms with Gasteiger partial charge in [-0.3, -0.25) is 0 Å². The van der Waals surface area contributed by atoms with E-state index in [1.807, 2.05) is 24.3 Å². The van der Waals surface area contributed by atoms with Crippen LogP contribution in [0.5, 0.6) is 5.88 Å². The third kappa shape index (κ3) is 1.86. The van der Waals surface area contributed by atoms with E-state index in [2.05, 4.69) is 22.4 Å². The van der Waals surface area contributed by atoms with Gasteiger partial charge in [0.15, 0.2) is 0 Å². The average Bonchev–Trinajstić information content (AvgIpc) is 2.82. The van der Waals surface area contributed by atoms with Gasteiger partial charge in [-0.1, -0.05) is 18.2 Å². The van der Waals surface area contributed by atoms with Crippen LogP contribution in [0.2, 0.25) is 0 Å². The highest BCUT2D eigenvalue weighted by atomic mass is 16.5. The van der Waals surface area contributed by atoms with Crippen molar-refractivity contribution in [3.8, 4) is 5.88 Å². The van der Waals surface area contributed by atoms with Gasteiger partial charge >= 0.3 is 0 Å². The zero-order valence-electron chi connectivity index (χ0n) is 9.02. The average molecular weight is 214 g/mol. The maximum Gasteiger partial charge on any atom is 0.214 e. The van der Waals surface area contributed by atoms with Gasteiger partial charge in [0.2, 0.25) is 5.88 Å². The fourth-order valence-corrected chi connectivity index (χ4v) is 2.01. The number of nitrogens with zero attached hydrogens (tertiary/aromatic N) is 1. The molecule has 1 atom stereocenters. The van der Waals surface area contributed by atoms with E-state index in [0.29, 0.717) is 0 Å². The van der Waals surface area contributed by atoms with Crippen molar-refractivity contribution in [2.24, 2.45) is 0 Å². The van der Waals surface area contributed by atoms with Gasteiger partial charge in [-0.25, -0.2) is 4.98 Å². The molecule has 0 bridgehead atoms. The third-order valence-corrected chi connectivity index (χ3v) is 2.88. The Morgan fingerprint density at radius 2 is 2.12 bits per heavy atom. The maximum atomic E-state index is 5.81. The molecule has 1 aliphatic heterocycles. The lowest BCUT2D eigenvalue weighted by atomic mass is 10.2. The first-order valence-electron chi connectivity index (χ1n) is 5.65. The normalized spacial score (nSPS) is 20.1. The van der Waals surface area contributed by atoms with Gasteiger partial charge in [-0.05, 0) is 25.1 Å². The minimum Gasteiger partial charge on any atom is -0.473 e. The van der Waals surface area contributed by atoms with Crippen LogP contribution >= 0.6 is 0 Å². The number of benzene rings is 1. The summed E-state index contributed by atoms with van der Waals surface area (Å²) in [4.78, 5) is 4.49. The molecule has 1 aromatic heterocycles. The van der Waals surface area contributed by atoms with E-state index in [-0.39, 0.29) is 6.10 Å². The summed E-state index contributed by atoms with van der Waals surface area (Å²) >= 11 is 0. The fraction of sp³-hybridized carbons (Fsp3) is 0.308. The molecular weight excluding hydrogens is 200 g/mol. The predicted molar refractivity (Wildman–Crippen MR) is 63.6 cm³/mol. The van der Waals surface area contributed by atoms with Crippen LogP contribution in [0.15, 0.2) is 36.4 Å². The van der Waals surface area contributed by atoms with Crippen LogP contribution in [0, 0.1) is 0 Å². The maximum absolute atomic E-state index is 5.81. The first kappa shape index (κ1) is 9.60. The molecule has 0 unspecified atom stereocenters. The van der Waals surface area contributed by atoms with E-state index in [1.165, 1.54) is 0 Å². The Labute approximate surface area is 94.5 Å². The topological polar surface area (TPSA) is 34.1 Å². The monoisotopic (exact) mass is 214 g/mol. The van der Waals surface area contributed by atoms with Crippen LogP contribution in [-0.2, 0) is 0 Å². The molecule has 3 heteroatoms. The van der Waals surface area contributed by atoms with Gasteiger partial charge in [0, 0.05) is 18.0 Å². The summed E-state index contributed by atoms with van der Waals surface area (Å²) in [6.07, 6.45) is 1.34. The van der Waals surface area contributed by atoms with Gasteiger partial charge in [0.25, 0.3) is 0 Å². The molecule has 3 rings (SSSR count). The number of para-hydroxylation sites is 1. The molecule has 0 saturated carbocycles. The van der Waals surface area contributed by atoms with E-state index in [0.717, 1.165) is 36.3 Å². The van der Waals surface area contributed by atoms with Crippen molar-refractivity contribution in [3.05, 3.63) is 36.4 Å². The van der Waals surface area contributed by atoms with Crippen LogP contribution in [0.25, 0.3) is 10.9 Å². The molecule has 82 valence electrons. The molecule has 1 aromatic carbocycles. The molecule has 2 heterocycles. The minimum absolute atomic E-state index is 0.272. The van der Waals surface area contributed by atoms with E-state index < -0.39 is 0 Å². The number of hydrogen-bond acceptors (Lipinski definition) is 3. The lowest BCUT2D eigenvalue weighted by Gasteiger charge is -2.11. The first-order valence-corrected chi connectivity index (χ1v) is 5.65. The van der Waals surface area contributed by atoms with E-state index in [9.17, 15) is 0 Å². The molecule has 1 N–H and O–H groups in total. The minimum atomic E-state index is 0.272. The van der Waals surface area contributed by atoms with Crippen LogP contribution in [0.4, 0.5) is 0 Å². The molecular formula is C13H14N2O. The molecule has 0 aliphatic carbocycles. The highest BCUT2D eigenvalue weighted by Crippen LogP contribution is 2.18. The second-order valence-electron chi connectivity index (χ2n) is 4.07. The van der Waals surface area contributed by atoms with Gasteiger partial charge in [0.1, 0.15) is 6.10 Å². The number of nitrogens with one attached hydrogen (secondary N) is 1. The van der Waals surface area contributed by atoms with Crippen LogP contribution in [0.3, 0.4) is 0 Å². The largest absolute Gasteiger partial charge is 0.473 e. The van der Waals surface area contributed by atoms with Crippen molar-refractivity contribution >= 4 is 10.9 Å². The quantitative estimate of drug-likeness (QED) is 0.830. The Bertz CT molecular complexity index is 492. The number of hydrogen-bond donors (Lipinski definition) is 1. The van der Waals surface area contributed by atoms with Gasteiger partial charge in [-0.2, -0.15) is 0 Å². The lowest BCUT2D eigenvalue weighted by molar-refractivity contribution is 0.215. The van der Waals surface area contributed by atoms with Gasteiger partial charge < -0.3 is 10.1 Å². The van der Waals surface area contributed by atoms with Crippen molar-refractivity contribution in [1.29, 1.82) is 0 Å². The molecule has 0 radical (unpaired) electrons. The summed E-state index contributed by atoms with van der Waals surface area (Å²) in [5, 5.41) is 4.43.